The Labute approximate surface area is 161 Å². The molecule has 0 radical (unpaired) electrons. The number of nitrogens with two attached hydrogens (primary N) is 1. The molecule has 0 fully saturated rings. The Morgan fingerprint density at radius 2 is 1.41 bits per heavy atom. The third-order valence-electron chi connectivity index (χ3n) is 3.58. The molecule has 4 unspecified atom stereocenters. The van der Waals surface area contributed by atoms with Crippen LogP contribution < -0.4 is 21.7 Å². The molecule has 0 heterocycles. The minimum Gasteiger partial charge on any atom is -0.481 e. The van der Waals surface area contributed by atoms with Gasteiger partial charge in [-0.3, -0.25) is 19.2 Å². The zero-order chi connectivity index (χ0) is 21.3. The van der Waals surface area contributed by atoms with E-state index in [0.29, 0.717) is 0 Å². The minimum absolute atomic E-state index is 0.160. The van der Waals surface area contributed by atoms with Crippen LogP contribution in [0.2, 0.25) is 0 Å². The molecule has 4 atom stereocenters. The maximum absolute atomic E-state index is 12.3. The molecule has 0 aliphatic carbocycles. The van der Waals surface area contributed by atoms with E-state index >= 15 is 0 Å². The third-order valence-corrected chi connectivity index (χ3v) is 3.95. The van der Waals surface area contributed by atoms with E-state index in [-0.39, 0.29) is 11.7 Å². The number of nitrogens with one attached hydrogen (secondary N) is 3. The Bertz CT molecular complexity index is 585. The van der Waals surface area contributed by atoms with Crippen LogP contribution in [-0.4, -0.2) is 69.8 Å². The smallest absolute Gasteiger partial charge is 0.327 e. The molecule has 0 aromatic rings. The molecule has 0 aromatic carbocycles. The minimum atomic E-state index is -1.45. The number of carboxylic acids is 2. The SMILES string of the molecule is CC(NC(=O)C(CC(=O)O)NC(=O)C(N)C(C)C)C(=O)NC(CS)C(=O)O. The van der Waals surface area contributed by atoms with Crippen molar-refractivity contribution in [3.8, 4) is 0 Å². The predicted molar refractivity (Wildman–Crippen MR) is 98.0 cm³/mol. The lowest BCUT2D eigenvalue weighted by Crippen LogP contribution is -2.57. The fourth-order valence-electron chi connectivity index (χ4n) is 1.82. The molecule has 0 saturated heterocycles. The van der Waals surface area contributed by atoms with Crippen LogP contribution in [0.4, 0.5) is 0 Å². The quantitative estimate of drug-likeness (QED) is 0.191. The number of hydrogen-bond donors (Lipinski definition) is 7. The van der Waals surface area contributed by atoms with Crippen LogP contribution in [0.1, 0.15) is 27.2 Å². The van der Waals surface area contributed by atoms with Crippen LogP contribution in [0.3, 0.4) is 0 Å². The summed E-state index contributed by atoms with van der Waals surface area (Å²) in [6.45, 7) is 4.65. The summed E-state index contributed by atoms with van der Waals surface area (Å²) >= 11 is 3.80. The lowest BCUT2D eigenvalue weighted by Gasteiger charge is -2.23. The molecule has 154 valence electrons. The van der Waals surface area contributed by atoms with E-state index in [9.17, 15) is 24.0 Å². The molecule has 12 heteroatoms. The van der Waals surface area contributed by atoms with Crippen LogP contribution in [0.15, 0.2) is 0 Å². The van der Waals surface area contributed by atoms with E-state index in [2.05, 4.69) is 28.6 Å². The van der Waals surface area contributed by atoms with Crippen LogP contribution in [0.5, 0.6) is 0 Å². The Balaban J connectivity index is 5.02. The highest BCUT2D eigenvalue weighted by Crippen LogP contribution is 2.01. The lowest BCUT2D eigenvalue weighted by atomic mass is 10.0. The first-order chi connectivity index (χ1) is 12.4. The van der Waals surface area contributed by atoms with Gasteiger partial charge in [-0.25, -0.2) is 4.79 Å². The molecule has 0 spiro atoms. The van der Waals surface area contributed by atoms with Gasteiger partial charge in [0.2, 0.25) is 17.7 Å². The summed E-state index contributed by atoms with van der Waals surface area (Å²) < 4.78 is 0. The molecule has 0 aliphatic heterocycles. The van der Waals surface area contributed by atoms with Crippen molar-refractivity contribution in [3.63, 3.8) is 0 Å². The molecule has 0 saturated carbocycles. The average molecular weight is 406 g/mol. The van der Waals surface area contributed by atoms with Crippen LogP contribution in [0.25, 0.3) is 0 Å². The van der Waals surface area contributed by atoms with Gasteiger partial charge in [-0.05, 0) is 12.8 Å². The van der Waals surface area contributed by atoms with Crippen molar-refractivity contribution in [2.45, 2.75) is 51.4 Å². The molecule has 7 N–H and O–H groups in total. The van der Waals surface area contributed by atoms with Gasteiger partial charge in [0.05, 0.1) is 12.5 Å². The van der Waals surface area contributed by atoms with Gasteiger partial charge in [-0.1, -0.05) is 13.8 Å². The summed E-state index contributed by atoms with van der Waals surface area (Å²) in [4.78, 5) is 58.1. The van der Waals surface area contributed by atoms with Crippen LogP contribution in [0, 0.1) is 5.92 Å². The number of carbonyl (C=O) groups is 5. The maximum atomic E-state index is 12.3. The summed E-state index contributed by atoms with van der Waals surface area (Å²) in [6.07, 6.45) is -0.717. The van der Waals surface area contributed by atoms with Crippen molar-refractivity contribution in [2.24, 2.45) is 11.7 Å². The van der Waals surface area contributed by atoms with Gasteiger partial charge in [0.1, 0.15) is 18.1 Å². The van der Waals surface area contributed by atoms with Crippen molar-refractivity contribution < 1.29 is 34.2 Å². The largest absolute Gasteiger partial charge is 0.481 e. The highest BCUT2D eigenvalue weighted by atomic mass is 32.1. The second kappa shape index (κ2) is 11.4. The Kier molecular flexibility index (Phi) is 10.4. The van der Waals surface area contributed by atoms with Crippen molar-refractivity contribution in [1.29, 1.82) is 0 Å². The van der Waals surface area contributed by atoms with Gasteiger partial charge < -0.3 is 31.9 Å². The second-order valence-electron chi connectivity index (χ2n) is 6.24. The van der Waals surface area contributed by atoms with E-state index in [1.54, 1.807) is 13.8 Å². The van der Waals surface area contributed by atoms with E-state index in [1.165, 1.54) is 6.92 Å². The lowest BCUT2D eigenvalue weighted by molar-refractivity contribution is -0.142. The number of rotatable bonds is 11. The van der Waals surface area contributed by atoms with Crippen molar-refractivity contribution in [2.75, 3.05) is 5.75 Å². The van der Waals surface area contributed by atoms with Crippen molar-refractivity contribution in [3.05, 3.63) is 0 Å². The molecule has 0 bridgehead atoms. The second-order valence-corrected chi connectivity index (χ2v) is 6.61. The van der Waals surface area contributed by atoms with E-state index in [4.69, 9.17) is 15.9 Å². The Morgan fingerprint density at radius 1 is 0.889 bits per heavy atom. The van der Waals surface area contributed by atoms with E-state index in [0.717, 1.165) is 0 Å². The van der Waals surface area contributed by atoms with Gasteiger partial charge in [-0.15, -0.1) is 0 Å². The summed E-state index contributed by atoms with van der Waals surface area (Å²) in [5, 5.41) is 24.5. The summed E-state index contributed by atoms with van der Waals surface area (Å²) in [7, 11) is 0. The molecule has 3 amide bonds. The van der Waals surface area contributed by atoms with Gasteiger partial charge in [-0.2, -0.15) is 12.6 Å². The number of amides is 3. The maximum Gasteiger partial charge on any atom is 0.327 e. The molecule has 11 nitrogen and oxygen atoms in total. The molecule has 27 heavy (non-hydrogen) atoms. The fourth-order valence-corrected chi connectivity index (χ4v) is 2.06. The number of carbonyl (C=O) groups excluding carboxylic acids is 3. The van der Waals surface area contributed by atoms with Gasteiger partial charge in [0.25, 0.3) is 0 Å². The van der Waals surface area contributed by atoms with Crippen LogP contribution >= 0.6 is 12.6 Å². The number of aliphatic carboxylic acids is 2. The van der Waals surface area contributed by atoms with Crippen LogP contribution in [-0.2, 0) is 24.0 Å². The fraction of sp³-hybridized carbons (Fsp3) is 0.667. The molecule has 0 rings (SSSR count). The third kappa shape index (κ3) is 8.73. The first-order valence-corrected chi connectivity index (χ1v) is 8.76. The summed E-state index contributed by atoms with van der Waals surface area (Å²) in [5.41, 5.74) is 5.67. The number of thiol groups is 1. The standard InChI is InChI=1S/C15H26N4O7S/c1-6(2)11(16)14(24)18-8(4-10(20)21)13(23)17-7(3)12(22)19-9(5-27)15(25)26/h6-9,11,27H,4-5,16H2,1-3H3,(H,17,23)(H,18,24)(H,19,22)(H,20,21)(H,25,26). The van der Waals surface area contributed by atoms with Gasteiger partial charge >= 0.3 is 11.9 Å². The first kappa shape index (κ1) is 24.7. The zero-order valence-electron chi connectivity index (χ0n) is 15.3. The van der Waals surface area contributed by atoms with E-state index in [1.807, 2.05) is 0 Å². The summed E-state index contributed by atoms with van der Waals surface area (Å²) in [5.74, 6) is -5.46. The van der Waals surface area contributed by atoms with Crippen molar-refractivity contribution in [1.82, 2.24) is 16.0 Å². The predicted octanol–water partition coefficient (Wildman–Crippen LogP) is -2.07. The monoisotopic (exact) mass is 406 g/mol. The highest BCUT2D eigenvalue weighted by molar-refractivity contribution is 7.80. The average Bonchev–Trinajstić information content (AvgIpc) is 2.56. The number of carboxylic acid groups (broad SMARTS) is 2. The zero-order valence-corrected chi connectivity index (χ0v) is 16.2. The molecular weight excluding hydrogens is 380 g/mol. The Hall–Kier alpha value is -2.34. The van der Waals surface area contributed by atoms with Gasteiger partial charge in [0, 0.05) is 5.75 Å². The molecule has 0 aromatic heterocycles. The normalized spacial score (nSPS) is 15.2. The van der Waals surface area contributed by atoms with Crippen molar-refractivity contribution >= 4 is 42.3 Å². The first-order valence-electron chi connectivity index (χ1n) is 8.12. The van der Waals surface area contributed by atoms with E-state index < -0.39 is 60.2 Å². The highest BCUT2D eigenvalue weighted by Gasteiger charge is 2.30. The summed E-state index contributed by atoms with van der Waals surface area (Å²) in [6, 6.07) is -4.82. The Morgan fingerprint density at radius 3 is 1.81 bits per heavy atom. The van der Waals surface area contributed by atoms with Gasteiger partial charge in [0.15, 0.2) is 0 Å². The molecular formula is C15H26N4O7S. The topological polar surface area (TPSA) is 188 Å². The molecule has 0 aliphatic rings. The number of hydrogen-bond acceptors (Lipinski definition) is 7.